The van der Waals surface area contributed by atoms with Crippen LogP contribution in [0, 0.1) is 17.5 Å². The Kier molecular flexibility index (Phi) is 6.34. The summed E-state index contributed by atoms with van der Waals surface area (Å²) in [5.74, 6) is -4.96. The van der Waals surface area contributed by atoms with Gasteiger partial charge in [-0.05, 0) is 18.6 Å². The lowest BCUT2D eigenvalue weighted by atomic mass is 10.1. The van der Waals surface area contributed by atoms with Crippen molar-refractivity contribution in [2.24, 2.45) is 0 Å². The van der Waals surface area contributed by atoms with E-state index >= 15 is 0 Å². The lowest BCUT2D eigenvalue weighted by Gasteiger charge is -2.22. The van der Waals surface area contributed by atoms with Gasteiger partial charge in [-0.25, -0.2) is 13.2 Å². The molecule has 1 aromatic carbocycles. The highest BCUT2D eigenvalue weighted by Gasteiger charge is 2.22. The first kappa shape index (κ1) is 16.0. The summed E-state index contributed by atoms with van der Waals surface area (Å²) in [5, 5.41) is 0.535. The number of hydrogen-bond donors (Lipinski definition) is 0. The molecule has 19 heavy (non-hydrogen) atoms. The van der Waals surface area contributed by atoms with Gasteiger partial charge in [0.25, 0.3) is 5.91 Å². The Morgan fingerprint density at radius 2 is 1.89 bits per heavy atom. The maximum Gasteiger partial charge on any atom is 0.256 e. The van der Waals surface area contributed by atoms with E-state index in [2.05, 4.69) is 15.9 Å². The molecule has 6 heteroatoms. The number of nitrogens with zero attached hydrogens (tertiary/aromatic N) is 1. The third kappa shape index (κ3) is 3.96. The third-order valence-corrected chi connectivity index (χ3v) is 3.04. The van der Waals surface area contributed by atoms with Crippen molar-refractivity contribution in [2.75, 3.05) is 18.4 Å². The number of benzene rings is 1. The van der Waals surface area contributed by atoms with Gasteiger partial charge >= 0.3 is 0 Å². The van der Waals surface area contributed by atoms with Crippen LogP contribution in [0.1, 0.15) is 30.1 Å². The van der Waals surface area contributed by atoms with E-state index in [0.29, 0.717) is 18.4 Å². The average Bonchev–Trinajstić information content (AvgIpc) is 2.40. The van der Waals surface area contributed by atoms with E-state index in [1.807, 2.05) is 6.92 Å². The second kappa shape index (κ2) is 7.53. The molecule has 0 atom stereocenters. The summed E-state index contributed by atoms with van der Waals surface area (Å²) < 4.78 is 39.5. The summed E-state index contributed by atoms with van der Waals surface area (Å²) in [6, 6.07) is 1.74. The molecule has 0 saturated heterocycles. The predicted molar refractivity (Wildman–Crippen MR) is 70.9 cm³/mol. The largest absolute Gasteiger partial charge is 0.338 e. The number of hydrogen-bond acceptors (Lipinski definition) is 1. The third-order valence-electron chi connectivity index (χ3n) is 2.69. The Balaban J connectivity index is 2.99. The fraction of sp³-hybridized carbons (Fsp3) is 0.462. The molecule has 0 N–H and O–H groups in total. The lowest BCUT2D eigenvalue weighted by Crippen LogP contribution is -2.34. The monoisotopic (exact) mass is 337 g/mol. The summed E-state index contributed by atoms with van der Waals surface area (Å²) in [5.41, 5.74) is -0.434. The van der Waals surface area contributed by atoms with E-state index in [9.17, 15) is 18.0 Å². The minimum atomic E-state index is -1.61. The van der Waals surface area contributed by atoms with E-state index in [0.717, 1.165) is 25.0 Å². The molecular formula is C13H15BrF3NO. The van der Waals surface area contributed by atoms with Crippen LogP contribution < -0.4 is 0 Å². The molecular weight excluding hydrogens is 323 g/mol. The van der Waals surface area contributed by atoms with Gasteiger partial charge in [-0.1, -0.05) is 29.3 Å². The smallest absolute Gasteiger partial charge is 0.256 e. The number of carbonyl (C=O) groups is 1. The highest BCUT2D eigenvalue weighted by atomic mass is 79.9. The minimum absolute atomic E-state index is 0.386. The van der Waals surface area contributed by atoms with Crippen LogP contribution in [0.5, 0.6) is 0 Å². The van der Waals surface area contributed by atoms with Gasteiger partial charge in [-0.15, -0.1) is 0 Å². The van der Waals surface area contributed by atoms with E-state index in [1.54, 1.807) is 0 Å². The van der Waals surface area contributed by atoms with Crippen molar-refractivity contribution in [1.82, 2.24) is 4.90 Å². The Bertz CT molecular complexity index is 454. The van der Waals surface area contributed by atoms with Crippen LogP contribution >= 0.6 is 15.9 Å². The molecule has 0 aromatic heterocycles. The quantitative estimate of drug-likeness (QED) is 0.572. The molecule has 0 aliphatic heterocycles. The number of rotatable bonds is 6. The lowest BCUT2D eigenvalue weighted by molar-refractivity contribution is 0.0758. The standard InChI is InChI=1S/C13H15BrF3NO/c1-2-3-7-18(8-6-14)13(19)9-4-5-10(15)12(17)11(9)16/h4-5H,2-3,6-8H2,1H3. The van der Waals surface area contributed by atoms with Gasteiger partial charge in [-0.2, -0.15) is 0 Å². The first-order chi connectivity index (χ1) is 9.02. The molecule has 2 nitrogen and oxygen atoms in total. The molecule has 0 saturated carbocycles. The van der Waals surface area contributed by atoms with Gasteiger partial charge in [0.15, 0.2) is 17.5 Å². The van der Waals surface area contributed by atoms with Crippen molar-refractivity contribution >= 4 is 21.8 Å². The van der Waals surface area contributed by atoms with Crippen molar-refractivity contribution in [3.63, 3.8) is 0 Å². The van der Waals surface area contributed by atoms with E-state index in [-0.39, 0.29) is 0 Å². The fourth-order valence-electron chi connectivity index (χ4n) is 1.63. The van der Waals surface area contributed by atoms with Gasteiger partial charge in [0.05, 0.1) is 5.56 Å². The molecule has 0 radical (unpaired) electrons. The SMILES string of the molecule is CCCCN(CCBr)C(=O)c1ccc(F)c(F)c1F. The van der Waals surface area contributed by atoms with Crippen LogP contribution in [0.15, 0.2) is 12.1 Å². The summed E-state index contributed by atoms with van der Waals surface area (Å²) in [4.78, 5) is 13.5. The molecule has 106 valence electrons. The zero-order valence-corrected chi connectivity index (χ0v) is 12.1. The van der Waals surface area contributed by atoms with E-state index in [4.69, 9.17) is 0 Å². The second-order valence-corrected chi connectivity index (χ2v) is 4.85. The molecule has 1 rings (SSSR count). The number of unbranched alkanes of at least 4 members (excludes halogenated alkanes) is 1. The Labute approximate surface area is 118 Å². The Hall–Kier alpha value is -1.04. The topological polar surface area (TPSA) is 20.3 Å². The van der Waals surface area contributed by atoms with Crippen LogP contribution in [0.4, 0.5) is 13.2 Å². The zero-order valence-electron chi connectivity index (χ0n) is 10.6. The zero-order chi connectivity index (χ0) is 14.4. The number of carbonyl (C=O) groups excluding carboxylic acids is 1. The Morgan fingerprint density at radius 3 is 2.47 bits per heavy atom. The molecule has 0 spiro atoms. The number of amides is 1. The molecule has 0 aliphatic carbocycles. The summed E-state index contributed by atoms with van der Waals surface area (Å²) in [6.45, 7) is 2.81. The van der Waals surface area contributed by atoms with Gasteiger partial charge in [0, 0.05) is 18.4 Å². The fourth-order valence-corrected chi connectivity index (χ4v) is 2.06. The first-order valence-corrected chi connectivity index (χ1v) is 7.13. The van der Waals surface area contributed by atoms with Crippen LogP contribution in [-0.4, -0.2) is 29.2 Å². The normalized spacial score (nSPS) is 10.6. The summed E-state index contributed by atoms with van der Waals surface area (Å²) in [6.07, 6.45) is 1.65. The molecule has 0 unspecified atom stereocenters. The van der Waals surface area contributed by atoms with Gasteiger partial charge in [-0.3, -0.25) is 4.79 Å². The number of halogens is 4. The Morgan fingerprint density at radius 1 is 1.21 bits per heavy atom. The predicted octanol–water partition coefficient (Wildman–Crippen LogP) is 3.74. The summed E-state index contributed by atoms with van der Waals surface area (Å²) in [7, 11) is 0. The van der Waals surface area contributed by atoms with Crippen molar-refractivity contribution in [1.29, 1.82) is 0 Å². The van der Waals surface area contributed by atoms with Crippen molar-refractivity contribution in [3.8, 4) is 0 Å². The van der Waals surface area contributed by atoms with E-state index < -0.39 is 28.9 Å². The van der Waals surface area contributed by atoms with Gasteiger partial charge in [0.1, 0.15) is 0 Å². The second-order valence-electron chi connectivity index (χ2n) is 4.06. The summed E-state index contributed by atoms with van der Waals surface area (Å²) >= 11 is 3.21. The molecule has 0 aliphatic rings. The van der Waals surface area contributed by atoms with Gasteiger partial charge < -0.3 is 4.90 Å². The van der Waals surface area contributed by atoms with Crippen LogP contribution in [0.25, 0.3) is 0 Å². The van der Waals surface area contributed by atoms with Crippen molar-refractivity contribution in [2.45, 2.75) is 19.8 Å². The first-order valence-electron chi connectivity index (χ1n) is 6.01. The highest BCUT2D eigenvalue weighted by molar-refractivity contribution is 9.09. The maximum atomic E-state index is 13.6. The number of alkyl halides is 1. The van der Waals surface area contributed by atoms with Crippen molar-refractivity contribution < 1.29 is 18.0 Å². The van der Waals surface area contributed by atoms with Crippen molar-refractivity contribution in [3.05, 3.63) is 35.1 Å². The molecule has 0 heterocycles. The molecule has 1 amide bonds. The van der Waals surface area contributed by atoms with Crippen LogP contribution in [0.2, 0.25) is 0 Å². The van der Waals surface area contributed by atoms with Gasteiger partial charge in [0.2, 0.25) is 0 Å². The van der Waals surface area contributed by atoms with E-state index in [1.165, 1.54) is 4.90 Å². The minimum Gasteiger partial charge on any atom is -0.338 e. The maximum absolute atomic E-state index is 13.6. The molecule has 1 aromatic rings. The highest BCUT2D eigenvalue weighted by Crippen LogP contribution is 2.17. The average molecular weight is 338 g/mol. The molecule has 0 fully saturated rings. The van der Waals surface area contributed by atoms with Crippen LogP contribution in [-0.2, 0) is 0 Å². The molecule has 0 bridgehead atoms. The van der Waals surface area contributed by atoms with Crippen LogP contribution in [0.3, 0.4) is 0 Å².